The van der Waals surface area contributed by atoms with E-state index in [0.717, 1.165) is 4.90 Å². The molecule has 3 N–H and O–H groups in total. The predicted molar refractivity (Wildman–Crippen MR) is 137 cm³/mol. The van der Waals surface area contributed by atoms with Gasteiger partial charge in [0.1, 0.15) is 12.6 Å². The molecular formula is C24H24N4O9S. The van der Waals surface area contributed by atoms with Crippen LogP contribution in [0.5, 0.6) is 0 Å². The van der Waals surface area contributed by atoms with Gasteiger partial charge in [0.05, 0.1) is 10.5 Å². The summed E-state index contributed by atoms with van der Waals surface area (Å²) in [7, 11) is 0. The van der Waals surface area contributed by atoms with E-state index in [0.29, 0.717) is 5.56 Å². The van der Waals surface area contributed by atoms with Crippen LogP contribution in [-0.2, 0) is 25.7 Å². The normalized spacial score (nSPS) is 16.4. The molecule has 38 heavy (non-hydrogen) atoms. The molecule has 3 rings (SSSR count). The molecule has 1 saturated heterocycles. The van der Waals surface area contributed by atoms with E-state index in [4.69, 9.17) is 4.74 Å². The first-order valence-corrected chi connectivity index (χ1v) is 11.7. The number of hydrogen-bond acceptors (Lipinski definition) is 8. The summed E-state index contributed by atoms with van der Waals surface area (Å²) >= 11 is 3.78. The highest BCUT2D eigenvalue weighted by molar-refractivity contribution is 7.96. The molecule has 0 bridgehead atoms. The molecule has 13 nitrogen and oxygen atoms in total. The van der Waals surface area contributed by atoms with Crippen LogP contribution < -0.4 is 10.6 Å². The number of nitro groups is 1. The summed E-state index contributed by atoms with van der Waals surface area (Å²) in [4.78, 5) is 72.0. The molecule has 0 saturated carbocycles. The minimum Gasteiger partial charge on any atom is -0.478 e. The van der Waals surface area contributed by atoms with E-state index in [1.807, 2.05) is 0 Å². The van der Waals surface area contributed by atoms with Gasteiger partial charge in [-0.25, -0.2) is 9.59 Å². The van der Waals surface area contributed by atoms with Crippen molar-refractivity contribution in [3.05, 3.63) is 63.7 Å². The molecule has 14 heteroatoms. The Balaban J connectivity index is 1.76. The van der Waals surface area contributed by atoms with Crippen molar-refractivity contribution in [1.29, 1.82) is 0 Å². The van der Waals surface area contributed by atoms with E-state index < -0.39 is 40.0 Å². The summed E-state index contributed by atoms with van der Waals surface area (Å²) in [5.74, 6) is -2.75. The Bertz CT molecular complexity index is 1280. The summed E-state index contributed by atoms with van der Waals surface area (Å²) in [5, 5.41) is 24.8. The summed E-state index contributed by atoms with van der Waals surface area (Å²) < 4.78 is 5.32. The SMILES string of the molecule is CC(=O)Nc1cc(NC(=O)[C@@H]2C[C@@H](CC(=O)S)CN2C(=O)OCc2ccc([N+](=O)[O-])cc2)cc(C(=O)O)c1. The third-order valence-corrected chi connectivity index (χ3v) is 5.85. The molecule has 0 spiro atoms. The van der Waals surface area contributed by atoms with Crippen LogP contribution in [0.25, 0.3) is 0 Å². The highest BCUT2D eigenvalue weighted by Crippen LogP contribution is 2.29. The molecule has 1 fully saturated rings. The molecule has 2 aromatic carbocycles. The van der Waals surface area contributed by atoms with Crippen molar-refractivity contribution in [3.63, 3.8) is 0 Å². The number of hydrogen-bond donors (Lipinski definition) is 4. The minimum absolute atomic E-state index is 0.0141. The summed E-state index contributed by atoms with van der Waals surface area (Å²) in [6, 6.07) is 8.15. The summed E-state index contributed by atoms with van der Waals surface area (Å²) in [5.41, 5.74) is 0.408. The number of ether oxygens (including phenoxy) is 1. The predicted octanol–water partition coefficient (Wildman–Crippen LogP) is 3.06. The molecule has 1 heterocycles. The number of carboxylic acids is 1. The number of nitrogens with zero attached hydrogens (tertiary/aromatic N) is 2. The fraction of sp³-hybridized carbons (Fsp3) is 0.292. The average molecular weight is 545 g/mol. The molecule has 3 amide bonds. The lowest BCUT2D eigenvalue weighted by molar-refractivity contribution is -0.384. The summed E-state index contributed by atoms with van der Waals surface area (Å²) in [6.45, 7) is 1.07. The summed E-state index contributed by atoms with van der Waals surface area (Å²) in [6.07, 6.45) is -0.696. The molecular weight excluding hydrogens is 520 g/mol. The second-order valence-electron chi connectivity index (χ2n) is 8.62. The van der Waals surface area contributed by atoms with Crippen molar-refractivity contribution in [2.45, 2.75) is 32.4 Å². The largest absolute Gasteiger partial charge is 0.478 e. The van der Waals surface area contributed by atoms with Crippen molar-refractivity contribution in [1.82, 2.24) is 4.90 Å². The maximum absolute atomic E-state index is 13.2. The second kappa shape index (κ2) is 12.2. The first kappa shape index (κ1) is 28.1. The lowest BCUT2D eigenvalue weighted by Crippen LogP contribution is -2.43. The van der Waals surface area contributed by atoms with Gasteiger partial charge in [0.2, 0.25) is 11.8 Å². The molecule has 1 aliphatic heterocycles. The first-order valence-electron chi connectivity index (χ1n) is 11.3. The zero-order valence-electron chi connectivity index (χ0n) is 20.1. The monoisotopic (exact) mass is 544 g/mol. The number of carboxylic acid groups (broad SMARTS) is 1. The highest BCUT2D eigenvalue weighted by atomic mass is 32.1. The average Bonchev–Trinajstić information content (AvgIpc) is 3.25. The molecule has 0 aliphatic carbocycles. The smallest absolute Gasteiger partial charge is 0.410 e. The number of benzene rings is 2. The van der Waals surface area contributed by atoms with E-state index in [-0.39, 0.29) is 54.5 Å². The quantitative estimate of drug-likeness (QED) is 0.209. The topological polar surface area (TPSA) is 185 Å². The molecule has 200 valence electrons. The number of nitrogens with one attached hydrogen (secondary N) is 2. The molecule has 2 aromatic rings. The fourth-order valence-electron chi connectivity index (χ4n) is 4.03. The maximum Gasteiger partial charge on any atom is 0.410 e. The number of thiol groups is 1. The Labute approximate surface area is 221 Å². The second-order valence-corrected chi connectivity index (χ2v) is 9.12. The Morgan fingerprint density at radius 2 is 1.74 bits per heavy atom. The van der Waals surface area contributed by atoms with E-state index in [2.05, 4.69) is 23.3 Å². The fourth-order valence-corrected chi connectivity index (χ4v) is 4.29. The molecule has 0 aromatic heterocycles. The van der Waals surface area contributed by atoms with Crippen LogP contribution >= 0.6 is 12.6 Å². The van der Waals surface area contributed by atoms with Gasteiger partial charge in [0, 0.05) is 43.4 Å². The number of rotatable bonds is 9. The Hall–Kier alpha value is -4.46. The molecule has 0 radical (unpaired) electrons. The van der Waals surface area contributed by atoms with Gasteiger partial charge in [-0.05, 0) is 48.2 Å². The number of carbonyl (C=O) groups is 5. The van der Waals surface area contributed by atoms with Crippen molar-refractivity contribution in [3.8, 4) is 0 Å². The first-order chi connectivity index (χ1) is 17.9. The van der Waals surface area contributed by atoms with Gasteiger partial charge in [-0.15, -0.1) is 12.6 Å². The van der Waals surface area contributed by atoms with Gasteiger partial charge >= 0.3 is 12.1 Å². The van der Waals surface area contributed by atoms with Crippen LogP contribution in [0.2, 0.25) is 0 Å². The van der Waals surface area contributed by atoms with Crippen molar-refractivity contribution < 1.29 is 38.7 Å². The van der Waals surface area contributed by atoms with Crippen molar-refractivity contribution in [2.75, 3.05) is 17.2 Å². The standard InChI is InChI=1S/C24H24N4O9S/c1-13(29)25-17-8-16(23(32)33)9-18(10-17)26-22(31)20-6-15(7-21(30)38)11-27(20)24(34)37-12-14-2-4-19(5-3-14)28(35)36/h2-5,8-10,15,20H,6-7,11-12H2,1H3,(H,25,29)(H,26,31)(H,30,38)(H,32,33)/t15-,20-/m0/s1. The van der Waals surface area contributed by atoms with Crippen LogP contribution in [0.4, 0.5) is 21.9 Å². The van der Waals surface area contributed by atoms with Crippen LogP contribution in [0.15, 0.2) is 42.5 Å². The lowest BCUT2D eigenvalue weighted by Gasteiger charge is -2.23. The third-order valence-electron chi connectivity index (χ3n) is 5.67. The third kappa shape index (κ3) is 7.52. The number of aromatic carboxylic acids is 1. The van der Waals surface area contributed by atoms with E-state index in [1.54, 1.807) is 0 Å². The van der Waals surface area contributed by atoms with E-state index >= 15 is 0 Å². The van der Waals surface area contributed by atoms with Crippen LogP contribution in [0, 0.1) is 16.0 Å². The van der Waals surface area contributed by atoms with Crippen LogP contribution in [0.3, 0.4) is 0 Å². The zero-order chi connectivity index (χ0) is 28.0. The van der Waals surface area contributed by atoms with Crippen molar-refractivity contribution >= 4 is 58.7 Å². The Morgan fingerprint density at radius 3 is 2.29 bits per heavy atom. The number of non-ortho nitro benzene ring substituents is 1. The van der Waals surface area contributed by atoms with E-state index in [9.17, 15) is 39.2 Å². The molecule has 2 atom stereocenters. The Morgan fingerprint density at radius 1 is 1.11 bits per heavy atom. The molecule has 1 aliphatic rings. The number of likely N-dealkylation sites (tertiary alicyclic amines) is 1. The van der Waals surface area contributed by atoms with Crippen LogP contribution in [0.1, 0.15) is 35.7 Å². The van der Waals surface area contributed by atoms with Gasteiger partial charge in [-0.3, -0.25) is 29.4 Å². The lowest BCUT2D eigenvalue weighted by atomic mass is 10.0. The van der Waals surface area contributed by atoms with Crippen molar-refractivity contribution in [2.24, 2.45) is 5.92 Å². The Kier molecular flexibility index (Phi) is 9.02. The van der Waals surface area contributed by atoms with Gasteiger partial charge < -0.3 is 20.5 Å². The van der Waals surface area contributed by atoms with Gasteiger partial charge in [-0.2, -0.15) is 0 Å². The van der Waals surface area contributed by atoms with Crippen LogP contribution in [-0.4, -0.2) is 56.5 Å². The zero-order valence-corrected chi connectivity index (χ0v) is 21.0. The number of carbonyl (C=O) groups excluding carboxylic acids is 4. The number of amides is 3. The van der Waals surface area contributed by atoms with Gasteiger partial charge in [-0.1, -0.05) is 0 Å². The number of anilines is 2. The maximum atomic E-state index is 13.2. The van der Waals surface area contributed by atoms with Gasteiger partial charge in [0.25, 0.3) is 5.69 Å². The minimum atomic E-state index is -1.28. The highest BCUT2D eigenvalue weighted by Gasteiger charge is 2.41. The van der Waals surface area contributed by atoms with Gasteiger partial charge in [0.15, 0.2) is 5.12 Å². The van der Waals surface area contributed by atoms with E-state index in [1.165, 1.54) is 49.4 Å². The molecule has 0 unspecified atom stereocenters. The number of nitro benzene ring substituents is 1.